The highest BCUT2D eigenvalue weighted by Crippen LogP contribution is 2.37. The lowest BCUT2D eigenvalue weighted by Gasteiger charge is -2.13. The predicted molar refractivity (Wildman–Crippen MR) is 116 cm³/mol. The van der Waals surface area contributed by atoms with Crippen LogP contribution in [0.15, 0.2) is 46.4 Å². The van der Waals surface area contributed by atoms with Gasteiger partial charge in [0.05, 0.1) is 28.9 Å². The third-order valence-electron chi connectivity index (χ3n) is 3.69. The number of carbonyl (C=O) groups excluding carboxylic acids is 2. The van der Waals surface area contributed by atoms with Crippen LogP contribution in [0.25, 0.3) is 6.08 Å². The van der Waals surface area contributed by atoms with E-state index in [2.05, 4.69) is 21.2 Å². The SMILES string of the molecule is CCOC(=O)COc1c(Br)cc(/C=C(\C#N)C(=O)Nc2ccccc2Cl)cc1OC. The van der Waals surface area contributed by atoms with Gasteiger partial charge in [-0.1, -0.05) is 23.7 Å². The van der Waals surface area contributed by atoms with Gasteiger partial charge in [-0.2, -0.15) is 5.26 Å². The van der Waals surface area contributed by atoms with Crippen LogP contribution in [0.1, 0.15) is 12.5 Å². The highest BCUT2D eigenvalue weighted by molar-refractivity contribution is 9.10. The van der Waals surface area contributed by atoms with E-state index in [1.54, 1.807) is 43.3 Å². The summed E-state index contributed by atoms with van der Waals surface area (Å²) in [7, 11) is 1.43. The second-order valence-electron chi connectivity index (χ2n) is 5.73. The molecule has 0 spiro atoms. The zero-order valence-corrected chi connectivity index (χ0v) is 18.5. The monoisotopic (exact) mass is 492 g/mol. The number of carbonyl (C=O) groups is 2. The van der Waals surface area contributed by atoms with Crippen LogP contribution >= 0.6 is 27.5 Å². The molecule has 30 heavy (non-hydrogen) atoms. The van der Waals surface area contributed by atoms with Crippen molar-refractivity contribution < 1.29 is 23.8 Å². The van der Waals surface area contributed by atoms with Crippen molar-refractivity contribution in [2.75, 3.05) is 25.6 Å². The molecule has 1 N–H and O–H groups in total. The van der Waals surface area contributed by atoms with E-state index in [4.69, 9.17) is 25.8 Å². The predicted octanol–water partition coefficient (Wildman–Crippen LogP) is 4.60. The number of amides is 1. The van der Waals surface area contributed by atoms with Gasteiger partial charge in [-0.25, -0.2) is 4.79 Å². The Balaban J connectivity index is 2.26. The average molecular weight is 494 g/mol. The fraction of sp³-hybridized carbons (Fsp3) is 0.190. The number of para-hydroxylation sites is 1. The van der Waals surface area contributed by atoms with Crippen LogP contribution in [-0.2, 0) is 14.3 Å². The third kappa shape index (κ3) is 6.24. The number of nitriles is 1. The lowest BCUT2D eigenvalue weighted by atomic mass is 10.1. The molecule has 0 unspecified atom stereocenters. The molecule has 2 aromatic carbocycles. The molecule has 0 bridgehead atoms. The Hall–Kier alpha value is -3.02. The molecule has 0 aliphatic heterocycles. The maximum Gasteiger partial charge on any atom is 0.344 e. The summed E-state index contributed by atoms with van der Waals surface area (Å²) >= 11 is 9.39. The number of nitrogens with one attached hydrogen (secondary N) is 1. The fourth-order valence-corrected chi connectivity index (χ4v) is 3.12. The number of nitrogens with zero attached hydrogens (tertiary/aromatic N) is 1. The molecular formula is C21H18BrClN2O5. The highest BCUT2D eigenvalue weighted by atomic mass is 79.9. The number of hydrogen-bond acceptors (Lipinski definition) is 6. The zero-order valence-electron chi connectivity index (χ0n) is 16.2. The number of hydrogen-bond donors (Lipinski definition) is 1. The molecule has 9 heteroatoms. The maximum atomic E-state index is 12.5. The first-order valence-corrected chi connectivity index (χ1v) is 9.90. The van der Waals surface area contributed by atoms with Gasteiger partial charge in [0.15, 0.2) is 18.1 Å². The Morgan fingerprint density at radius 2 is 2.03 bits per heavy atom. The van der Waals surface area contributed by atoms with Crippen molar-refractivity contribution in [1.82, 2.24) is 0 Å². The summed E-state index contributed by atoms with van der Waals surface area (Å²) in [4.78, 5) is 24.0. The summed E-state index contributed by atoms with van der Waals surface area (Å²) in [5, 5.41) is 12.4. The number of methoxy groups -OCH3 is 1. The zero-order chi connectivity index (χ0) is 22.1. The van der Waals surface area contributed by atoms with Gasteiger partial charge in [-0.05, 0) is 58.8 Å². The first kappa shape index (κ1) is 23.3. The van der Waals surface area contributed by atoms with Crippen molar-refractivity contribution in [1.29, 1.82) is 5.26 Å². The van der Waals surface area contributed by atoms with Crippen molar-refractivity contribution in [2.24, 2.45) is 0 Å². The van der Waals surface area contributed by atoms with Crippen molar-refractivity contribution in [3.8, 4) is 17.6 Å². The third-order valence-corrected chi connectivity index (χ3v) is 4.61. The highest BCUT2D eigenvalue weighted by Gasteiger charge is 2.16. The topological polar surface area (TPSA) is 97.7 Å². The van der Waals surface area contributed by atoms with E-state index in [0.717, 1.165) is 0 Å². The largest absolute Gasteiger partial charge is 0.493 e. The molecule has 156 valence electrons. The first-order valence-electron chi connectivity index (χ1n) is 8.73. The Labute approximate surface area is 187 Å². The lowest BCUT2D eigenvalue weighted by molar-refractivity contribution is -0.145. The fourth-order valence-electron chi connectivity index (χ4n) is 2.36. The molecule has 0 aliphatic rings. The van der Waals surface area contributed by atoms with Gasteiger partial charge in [0, 0.05) is 0 Å². The minimum atomic E-state index is -0.608. The molecule has 2 rings (SSSR count). The summed E-state index contributed by atoms with van der Waals surface area (Å²) < 4.78 is 16.1. The number of anilines is 1. The van der Waals surface area contributed by atoms with Gasteiger partial charge < -0.3 is 19.5 Å². The minimum absolute atomic E-state index is 0.135. The number of esters is 1. The van der Waals surface area contributed by atoms with Gasteiger partial charge >= 0.3 is 5.97 Å². The Morgan fingerprint density at radius 3 is 2.67 bits per heavy atom. The van der Waals surface area contributed by atoms with Gasteiger partial charge in [-0.3, -0.25) is 4.79 Å². The van der Waals surface area contributed by atoms with Gasteiger partial charge in [0.25, 0.3) is 5.91 Å². The summed E-state index contributed by atoms with van der Waals surface area (Å²) in [5.74, 6) is -0.521. The molecule has 1 amide bonds. The van der Waals surface area contributed by atoms with E-state index >= 15 is 0 Å². The van der Waals surface area contributed by atoms with E-state index in [1.807, 2.05) is 6.07 Å². The molecule has 0 aromatic heterocycles. The van der Waals surface area contributed by atoms with Crippen molar-refractivity contribution in [3.63, 3.8) is 0 Å². The van der Waals surface area contributed by atoms with Crippen LogP contribution in [-0.4, -0.2) is 32.2 Å². The van der Waals surface area contributed by atoms with E-state index in [0.29, 0.717) is 32.2 Å². The number of benzene rings is 2. The van der Waals surface area contributed by atoms with Crippen molar-refractivity contribution >= 4 is 51.2 Å². The van der Waals surface area contributed by atoms with Crippen LogP contribution in [0.5, 0.6) is 11.5 Å². The Morgan fingerprint density at radius 1 is 1.30 bits per heavy atom. The van der Waals surface area contributed by atoms with Gasteiger partial charge in [-0.15, -0.1) is 0 Å². The van der Waals surface area contributed by atoms with E-state index in [9.17, 15) is 14.9 Å². The molecule has 0 heterocycles. The second-order valence-corrected chi connectivity index (χ2v) is 6.99. The van der Waals surface area contributed by atoms with E-state index in [-0.39, 0.29) is 18.8 Å². The molecule has 0 saturated carbocycles. The molecule has 0 radical (unpaired) electrons. The van der Waals surface area contributed by atoms with Crippen molar-refractivity contribution in [3.05, 3.63) is 57.0 Å². The summed E-state index contributed by atoms with van der Waals surface area (Å²) in [6.07, 6.45) is 1.40. The molecule has 0 aliphatic carbocycles. The Bertz CT molecular complexity index is 1020. The maximum absolute atomic E-state index is 12.5. The smallest absolute Gasteiger partial charge is 0.344 e. The molecule has 7 nitrogen and oxygen atoms in total. The van der Waals surface area contributed by atoms with Crippen LogP contribution < -0.4 is 14.8 Å². The second kappa shape index (κ2) is 11.2. The number of rotatable bonds is 8. The molecule has 0 atom stereocenters. The summed E-state index contributed by atoms with van der Waals surface area (Å²) in [6, 6.07) is 11.8. The normalized spacial score (nSPS) is 10.7. The quantitative estimate of drug-likeness (QED) is 0.328. The molecule has 0 saturated heterocycles. The molecular weight excluding hydrogens is 476 g/mol. The van der Waals surface area contributed by atoms with E-state index < -0.39 is 11.9 Å². The van der Waals surface area contributed by atoms with Gasteiger partial charge in [0.1, 0.15) is 11.6 Å². The summed E-state index contributed by atoms with van der Waals surface area (Å²) in [5.41, 5.74) is 0.768. The standard InChI is InChI=1S/C21H18BrClN2O5/c1-3-29-19(26)12-30-20-15(22)9-13(10-18(20)28-2)8-14(11-24)21(27)25-17-7-5-4-6-16(17)23/h4-10H,3,12H2,1-2H3,(H,25,27)/b14-8+. The van der Waals surface area contributed by atoms with Gasteiger partial charge in [0.2, 0.25) is 0 Å². The van der Waals surface area contributed by atoms with Crippen LogP contribution in [0.4, 0.5) is 5.69 Å². The summed E-state index contributed by atoms with van der Waals surface area (Å²) in [6.45, 7) is 1.66. The first-order chi connectivity index (χ1) is 14.4. The van der Waals surface area contributed by atoms with Crippen LogP contribution in [0.3, 0.4) is 0 Å². The van der Waals surface area contributed by atoms with Crippen LogP contribution in [0.2, 0.25) is 5.02 Å². The Kier molecular flexibility index (Phi) is 8.71. The average Bonchev–Trinajstić information content (AvgIpc) is 2.72. The van der Waals surface area contributed by atoms with E-state index in [1.165, 1.54) is 13.2 Å². The van der Waals surface area contributed by atoms with Crippen molar-refractivity contribution in [2.45, 2.75) is 6.92 Å². The molecule has 2 aromatic rings. The van der Waals surface area contributed by atoms with Crippen LogP contribution in [0, 0.1) is 11.3 Å². The number of halogens is 2. The lowest BCUT2D eigenvalue weighted by Crippen LogP contribution is -2.15. The number of ether oxygens (including phenoxy) is 3. The minimum Gasteiger partial charge on any atom is -0.493 e. The molecule has 0 fully saturated rings.